The van der Waals surface area contributed by atoms with Gasteiger partial charge >= 0.3 is 0 Å². The zero-order valence-corrected chi connectivity index (χ0v) is 14.2. The van der Waals surface area contributed by atoms with E-state index >= 15 is 0 Å². The van der Waals surface area contributed by atoms with Crippen LogP contribution in [0.3, 0.4) is 0 Å². The van der Waals surface area contributed by atoms with E-state index in [0.717, 1.165) is 43.8 Å². The third-order valence-corrected chi connectivity index (χ3v) is 4.56. The highest BCUT2D eigenvalue weighted by molar-refractivity contribution is 5.76. The average Bonchev–Trinajstić information content (AvgIpc) is 3.15. The van der Waals surface area contributed by atoms with Crippen molar-refractivity contribution in [2.75, 3.05) is 19.7 Å². The van der Waals surface area contributed by atoms with Crippen LogP contribution in [0.2, 0.25) is 0 Å². The SMILES string of the molecule is Cc1ccc(OCCCC(=O)N2CCC[C@@H](c3ccn[nH]3)C2)cc1. The molecule has 1 aromatic heterocycles. The Labute approximate surface area is 143 Å². The van der Waals surface area contributed by atoms with Crippen molar-refractivity contribution in [1.82, 2.24) is 15.1 Å². The number of benzene rings is 1. The van der Waals surface area contributed by atoms with Crippen molar-refractivity contribution in [3.05, 3.63) is 47.8 Å². The zero-order valence-electron chi connectivity index (χ0n) is 14.2. The highest BCUT2D eigenvalue weighted by Crippen LogP contribution is 2.25. The molecule has 1 saturated heterocycles. The molecular weight excluding hydrogens is 302 g/mol. The largest absolute Gasteiger partial charge is 0.494 e. The molecule has 0 saturated carbocycles. The van der Waals surface area contributed by atoms with Crippen LogP contribution < -0.4 is 4.74 Å². The molecule has 1 aliphatic heterocycles. The lowest BCUT2D eigenvalue weighted by atomic mass is 9.94. The molecule has 0 unspecified atom stereocenters. The minimum absolute atomic E-state index is 0.228. The first-order valence-electron chi connectivity index (χ1n) is 8.69. The summed E-state index contributed by atoms with van der Waals surface area (Å²) in [7, 11) is 0. The van der Waals surface area contributed by atoms with E-state index in [0.29, 0.717) is 18.9 Å². The second-order valence-corrected chi connectivity index (χ2v) is 6.46. The van der Waals surface area contributed by atoms with E-state index in [9.17, 15) is 4.79 Å². The number of aromatic amines is 1. The number of piperidine rings is 1. The van der Waals surface area contributed by atoms with Crippen LogP contribution in [0.4, 0.5) is 0 Å². The predicted octanol–water partition coefficient (Wildman–Crippen LogP) is 3.28. The van der Waals surface area contributed by atoms with Crippen LogP contribution in [0.5, 0.6) is 5.75 Å². The molecule has 2 heterocycles. The Morgan fingerprint density at radius 1 is 1.33 bits per heavy atom. The summed E-state index contributed by atoms with van der Waals surface area (Å²) in [5, 5.41) is 7.05. The molecule has 0 aliphatic carbocycles. The summed E-state index contributed by atoms with van der Waals surface area (Å²) in [6.45, 7) is 4.28. The van der Waals surface area contributed by atoms with Crippen molar-refractivity contribution in [3.63, 3.8) is 0 Å². The minimum Gasteiger partial charge on any atom is -0.494 e. The Kier molecular flexibility index (Phi) is 5.51. The summed E-state index contributed by atoms with van der Waals surface area (Å²) >= 11 is 0. The molecule has 1 atom stereocenters. The molecule has 128 valence electrons. The number of aromatic nitrogens is 2. The number of rotatable bonds is 6. The summed E-state index contributed by atoms with van der Waals surface area (Å²) < 4.78 is 5.69. The van der Waals surface area contributed by atoms with Gasteiger partial charge < -0.3 is 9.64 Å². The molecule has 5 nitrogen and oxygen atoms in total. The van der Waals surface area contributed by atoms with Gasteiger partial charge in [0.1, 0.15) is 5.75 Å². The van der Waals surface area contributed by atoms with E-state index in [-0.39, 0.29) is 5.91 Å². The molecule has 1 N–H and O–H groups in total. The van der Waals surface area contributed by atoms with Gasteiger partial charge in [-0.05, 0) is 44.4 Å². The van der Waals surface area contributed by atoms with Crippen LogP contribution in [0.1, 0.15) is 42.9 Å². The molecule has 1 amide bonds. The molecule has 1 aliphatic rings. The highest BCUT2D eigenvalue weighted by Gasteiger charge is 2.25. The fraction of sp³-hybridized carbons (Fsp3) is 0.474. The first-order chi connectivity index (χ1) is 11.7. The number of likely N-dealkylation sites (tertiary alicyclic amines) is 1. The molecule has 1 aromatic carbocycles. The van der Waals surface area contributed by atoms with Gasteiger partial charge in [0.25, 0.3) is 0 Å². The van der Waals surface area contributed by atoms with Crippen LogP contribution in [0.25, 0.3) is 0 Å². The Balaban J connectivity index is 1.40. The van der Waals surface area contributed by atoms with Gasteiger partial charge in [-0.15, -0.1) is 0 Å². The smallest absolute Gasteiger partial charge is 0.222 e. The lowest BCUT2D eigenvalue weighted by Gasteiger charge is -2.32. The van der Waals surface area contributed by atoms with E-state index in [1.165, 1.54) is 5.56 Å². The highest BCUT2D eigenvalue weighted by atomic mass is 16.5. The number of amides is 1. The van der Waals surface area contributed by atoms with Crippen LogP contribution >= 0.6 is 0 Å². The van der Waals surface area contributed by atoms with Gasteiger partial charge in [-0.2, -0.15) is 5.10 Å². The maximum Gasteiger partial charge on any atom is 0.222 e. The van der Waals surface area contributed by atoms with Gasteiger partial charge in [0.05, 0.1) is 6.61 Å². The second-order valence-electron chi connectivity index (χ2n) is 6.46. The third-order valence-electron chi connectivity index (χ3n) is 4.56. The summed E-state index contributed by atoms with van der Waals surface area (Å²) in [5.41, 5.74) is 2.35. The number of H-pyrrole nitrogens is 1. The summed E-state index contributed by atoms with van der Waals surface area (Å²) in [6, 6.07) is 10.0. The topological polar surface area (TPSA) is 58.2 Å². The molecular formula is C19H25N3O2. The lowest BCUT2D eigenvalue weighted by molar-refractivity contribution is -0.132. The Morgan fingerprint density at radius 2 is 2.17 bits per heavy atom. The monoisotopic (exact) mass is 327 g/mol. The molecule has 0 spiro atoms. The van der Waals surface area contributed by atoms with E-state index in [1.807, 2.05) is 35.2 Å². The van der Waals surface area contributed by atoms with Crippen LogP contribution in [-0.2, 0) is 4.79 Å². The van der Waals surface area contributed by atoms with Gasteiger partial charge in [0.15, 0.2) is 0 Å². The third kappa shape index (κ3) is 4.37. The van der Waals surface area contributed by atoms with Crippen molar-refractivity contribution in [3.8, 4) is 5.75 Å². The van der Waals surface area contributed by atoms with E-state index in [2.05, 4.69) is 17.1 Å². The minimum atomic E-state index is 0.228. The number of ether oxygens (including phenoxy) is 1. The van der Waals surface area contributed by atoms with Gasteiger partial charge in [0.2, 0.25) is 5.91 Å². The fourth-order valence-electron chi connectivity index (χ4n) is 3.16. The standard InChI is InChI=1S/C19H25N3O2/c1-15-6-8-17(9-7-15)24-13-3-5-19(23)22-12-2-4-16(14-22)18-10-11-20-21-18/h6-11,16H,2-5,12-14H2,1H3,(H,20,21)/t16-/m1/s1. The molecule has 0 bridgehead atoms. The predicted molar refractivity (Wildman–Crippen MR) is 93.1 cm³/mol. The van der Waals surface area contributed by atoms with Crippen molar-refractivity contribution < 1.29 is 9.53 Å². The number of carbonyl (C=O) groups excluding carboxylic acids is 1. The Hall–Kier alpha value is -2.30. The van der Waals surface area contributed by atoms with Crippen LogP contribution in [-0.4, -0.2) is 40.7 Å². The van der Waals surface area contributed by atoms with Crippen LogP contribution in [0.15, 0.2) is 36.5 Å². The molecule has 5 heteroatoms. The number of nitrogens with zero attached hydrogens (tertiary/aromatic N) is 2. The van der Waals surface area contributed by atoms with Crippen molar-refractivity contribution in [2.24, 2.45) is 0 Å². The maximum atomic E-state index is 12.4. The van der Waals surface area contributed by atoms with E-state index in [4.69, 9.17) is 4.74 Å². The first-order valence-corrected chi connectivity index (χ1v) is 8.69. The fourth-order valence-corrected chi connectivity index (χ4v) is 3.16. The number of carbonyl (C=O) groups is 1. The van der Waals surface area contributed by atoms with Crippen molar-refractivity contribution in [1.29, 1.82) is 0 Å². The lowest BCUT2D eigenvalue weighted by Crippen LogP contribution is -2.39. The molecule has 2 aromatic rings. The number of hydrogen-bond acceptors (Lipinski definition) is 3. The maximum absolute atomic E-state index is 12.4. The van der Waals surface area contributed by atoms with Gasteiger partial charge in [-0.25, -0.2) is 0 Å². The summed E-state index contributed by atoms with van der Waals surface area (Å²) in [6.07, 6.45) is 5.23. The molecule has 0 radical (unpaired) electrons. The molecule has 3 rings (SSSR count). The second kappa shape index (κ2) is 7.99. The number of nitrogens with one attached hydrogen (secondary N) is 1. The first kappa shape index (κ1) is 16.6. The molecule has 24 heavy (non-hydrogen) atoms. The zero-order chi connectivity index (χ0) is 16.8. The number of hydrogen-bond donors (Lipinski definition) is 1. The van der Waals surface area contributed by atoms with Gasteiger partial charge in [-0.3, -0.25) is 9.89 Å². The Morgan fingerprint density at radius 3 is 2.92 bits per heavy atom. The average molecular weight is 327 g/mol. The summed E-state index contributed by atoms with van der Waals surface area (Å²) in [4.78, 5) is 14.4. The van der Waals surface area contributed by atoms with E-state index in [1.54, 1.807) is 6.20 Å². The van der Waals surface area contributed by atoms with Gasteiger partial charge in [0, 0.05) is 37.3 Å². The summed E-state index contributed by atoms with van der Waals surface area (Å²) in [5.74, 6) is 1.48. The Bertz CT molecular complexity index is 637. The van der Waals surface area contributed by atoms with Crippen molar-refractivity contribution in [2.45, 2.75) is 38.5 Å². The molecule has 1 fully saturated rings. The number of aryl methyl sites for hydroxylation is 1. The van der Waals surface area contributed by atoms with Gasteiger partial charge in [-0.1, -0.05) is 17.7 Å². The van der Waals surface area contributed by atoms with E-state index < -0.39 is 0 Å². The van der Waals surface area contributed by atoms with Crippen LogP contribution in [0, 0.1) is 6.92 Å². The van der Waals surface area contributed by atoms with Crippen molar-refractivity contribution >= 4 is 5.91 Å². The normalized spacial score (nSPS) is 17.7. The quantitative estimate of drug-likeness (QED) is 0.828.